The lowest BCUT2D eigenvalue weighted by Gasteiger charge is -2.41. The third kappa shape index (κ3) is 3.68. The molecule has 2 fully saturated rings. The van der Waals surface area contributed by atoms with Gasteiger partial charge in [0.05, 0.1) is 37.4 Å². The SMILES string of the molecule is CC(C)(O)CC(=O)N1CCOC[C@@H]1[C@@H]1CCC[C@@H]1O. The van der Waals surface area contributed by atoms with Crippen molar-refractivity contribution in [2.24, 2.45) is 5.92 Å². The lowest BCUT2D eigenvalue weighted by molar-refractivity contribution is -0.147. The number of aliphatic hydroxyl groups excluding tert-OH is 1. The summed E-state index contributed by atoms with van der Waals surface area (Å²) in [6, 6.07) is -0.0406. The molecule has 19 heavy (non-hydrogen) atoms. The van der Waals surface area contributed by atoms with Gasteiger partial charge in [-0.05, 0) is 26.7 Å². The summed E-state index contributed by atoms with van der Waals surface area (Å²) in [6.45, 7) is 4.88. The van der Waals surface area contributed by atoms with Crippen LogP contribution in [0.3, 0.4) is 0 Å². The smallest absolute Gasteiger partial charge is 0.225 e. The zero-order chi connectivity index (χ0) is 14.0. The van der Waals surface area contributed by atoms with E-state index in [-0.39, 0.29) is 30.4 Å². The number of amides is 1. The predicted octanol–water partition coefficient (Wildman–Crippen LogP) is 0.536. The average molecular weight is 271 g/mol. The average Bonchev–Trinajstić information content (AvgIpc) is 2.73. The summed E-state index contributed by atoms with van der Waals surface area (Å²) in [6.07, 6.45) is 2.56. The number of carbonyl (C=O) groups is 1. The monoisotopic (exact) mass is 271 g/mol. The van der Waals surface area contributed by atoms with E-state index in [1.54, 1.807) is 18.7 Å². The Hall–Kier alpha value is -0.650. The van der Waals surface area contributed by atoms with Crippen LogP contribution in [0.1, 0.15) is 39.5 Å². The summed E-state index contributed by atoms with van der Waals surface area (Å²) in [4.78, 5) is 14.1. The summed E-state index contributed by atoms with van der Waals surface area (Å²) in [5, 5.41) is 19.8. The molecule has 5 heteroatoms. The van der Waals surface area contributed by atoms with Gasteiger partial charge in [-0.2, -0.15) is 0 Å². The molecule has 1 saturated heterocycles. The van der Waals surface area contributed by atoms with Gasteiger partial charge in [0.25, 0.3) is 0 Å². The van der Waals surface area contributed by atoms with E-state index in [0.717, 1.165) is 19.3 Å². The molecule has 110 valence electrons. The molecule has 1 saturated carbocycles. The van der Waals surface area contributed by atoms with Gasteiger partial charge in [-0.3, -0.25) is 4.79 Å². The molecule has 3 atom stereocenters. The van der Waals surface area contributed by atoms with Crippen molar-refractivity contribution in [3.8, 4) is 0 Å². The van der Waals surface area contributed by atoms with E-state index in [2.05, 4.69) is 0 Å². The van der Waals surface area contributed by atoms with Crippen LogP contribution in [0.5, 0.6) is 0 Å². The fourth-order valence-electron chi connectivity index (χ4n) is 3.18. The third-order valence-electron chi connectivity index (χ3n) is 4.10. The van der Waals surface area contributed by atoms with Gasteiger partial charge in [0.2, 0.25) is 5.91 Å². The number of ether oxygens (including phenoxy) is 1. The molecule has 5 nitrogen and oxygen atoms in total. The van der Waals surface area contributed by atoms with Crippen LogP contribution in [0.2, 0.25) is 0 Å². The van der Waals surface area contributed by atoms with Crippen molar-refractivity contribution >= 4 is 5.91 Å². The molecule has 0 bridgehead atoms. The number of rotatable bonds is 3. The first-order valence-corrected chi connectivity index (χ1v) is 7.16. The Balaban J connectivity index is 2.05. The number of morpholine rings is 1. The van der Waals surface area contributed by atoms with Crippen LogP contribution >= 0.6 is 0 Å². The van der Waals surface area contributed by atoms with Gasteiger partial charge in [0.15, 0.2) is 0 Å². The maximum absolute atomic E-state index is 12.3. The standard InChI is InChI=1S/C14H25NO4/c1-14(2,18)8-13(17)15-6-7-19-9-11(15)10-4-3-5-12(10)16/h10-12,16,18H,3-9H2,1-2H3/t10-,11+,12-/m0/s1. The van der Waals surface area contributed by atoms with Gasteiger partial charge in [0.1, 0.15) is 0 Å². The zero-order valence-electron chi connectivity index (χ0n) is 11.8. The van der Waals surface area contributed by atoms with Crippen LogP contribution in [-0.2, 0) is 9.53 Å². The van der Waals surface area contributed by atoms with Crippen molar-refractivity contribution in [3.05, 3.63) is 0 Å². The summed E-state index contributed by atoms with van der Waals surface area (Å²) in [5.74, 6) is 0.0750. The van der Waals surface area contributed by atoms with Crippen molar-refractivity contribution in [2.45, 2.75) is 57.3 Å². The lowest BCUT2D eigenvalue weighted by Crippen LogP contribution is -2.54. The molecule has 0 spiro atoms. The van der Waals surface area contributed by atoms with Crippen molar-refractivity contribution in [1.29, 1.82) is 0 Å². The third-order valence-corrected chi connectivity index (χ3v) is 4.10. The van der Waals surface area contributed by atoms with Crippen LogP contribution in [0, 0.1) is 5.92 Å². The highest BCUT2D eigenvalue weighted by Gasteiger charge is 2.40. The Kier molecular flexibility index (Phi) is 4.48. The van der Waals surface area contributed by atoms with Gasteiger partial charge in [-0.1, -0.05) is 6.42 Å². The summed E-state index contributed by atoms with van der Waals surface area (Å²) in [7, 11) is 0. The summed E-state index contributed by atoms with van der Waals surface area (Å²) in [5.41, 5.74) is -0.992. The number of hydrogen-bond donors (Lipinski definition) is 2. The van der Waals surface area contributed by atoms with Crippen LogP contribution in [0.4, 0.5) is 0 Å². The molecule has 2 rings (SSSR count). The van der Waals surface area contributed by atoms with Crippen molar-refractivity contribution < 1.29 is 19.7 Å². The molecule has 1 aliphatic heterocycles. The second kappa shape index (κ2) is 5.77. The first kappa shape index (κ1) is 14.8. The number of carbonyl (C=O) groups excluding carboxylic acids is 1. The number of aliphatic hydroxyl groups is 2. The largest absolute Gasteiger partial charge is 0.393 e. The quantitative estimate of drug-likeness (QED) is 0.786. The molecule has 0 unspecified atom stereocenters. The lowest BCUT2D eigenvalue weighted by atomic mass is 9.93. The first-order chi connectivity index (χ1) is 8.88. The highest BCUT2D eigenvalue weighted by Crippen LogP contribution is 2.32. The van der Waals surface area contributed by atoms with E-state index >= 15 is 0 Å². The molecule has 0 radical (unpaired) electrons. The van der Waals surface area contributed by atoms with E-state index in [1.807, 2.05) is 0 Å². The van der Waals surface area contributed by atoms with E-state index in [9.17, 15) is 15.0 Å². The van der Waals surface area contributed by atoms with E-state index in [4.69, 9.17) is 4.74 Å². The van der Waals surface area contributed by atoms with Gasteiger partial charge in [-0.15, -0.1) is 0 Å². The predicted molar refractivity (Wildman–Crippen MR) is 70.6 cm³/mol. The summed E-state index contributed by atoms with van der Waals surface area (Å²) >= 11 is 0. The van der Waals surface area contributed by atoms with Crippen LogP contribution < -0.4 is 0 Å². The molecule has 2 N–H and O–H groups in total. The fourth-order valence-corrected chi connectivity index (χ4v) is 3.18. The molecule has 1 amide bonds. The second-order valence-electron chi connectivity index (χ2n) is 6.38. The van der Waals surface area contributed by atoms with Gasteiger partial charge < -0.3 is 19.8 Å². The highest BCUT2D eigenvalue weighted by atomic mass is 16.5. The first-order valence-electron chi connectivity index (χ1n) is 7.16. The van der Waals surface area contributed by atoms with Gasteiger partial charge in [-0.25, -0.2) is 0 Å². The summed E-state index contributed by atoms with van der Waals surface area (Å²) < 4.78 is 5.49. The molecule has 0 aromatic heterocycles. The minimum absolute atomic E-state index is 0.0406. The van der Waals surface area contributed by atoms with E-state index < -0.39 is 5.60 Å². The minimum atomic E-state index is -0.992. The fraction of sp³-hybridized carbons (Fsp3) is 0.929. The van der Waals surface area contributed by atoms with Gasteiger partial charge in [0, 0.05) is 12.5 Å². The molecular formula is C14H25NO4. The molecule has 0 aromatic rings. The Morgan fingerprint density at radius 1 is 1.42 bits per heavy atom. The maximum Gasteiger partial charge on any atom is 0.225 e. The number of nitrogens with zero attached hydrogens (tertiary/aromatic N) is 1. The highest BCUT2D eigenvalue weighted by molar-refractivity contribution is 5.77. The Labute approximate surface area is 114 Å². The Bertz CT molecular complexity index is 326. The van der Waals surface area contributed by atoms with Crippen molar-refractivity contribution in [2.75, 3.05) is 19.8 Å². The molecule has 0 aromatic carbocycles. The normalized spacial score (nSPS) is 32.6. The molecular weight excluding hydrogens is 246 g/mol. The molecule has 1 heterocycles. The van der Waals surface area contributed by atoms with Crippen LogP contribution in [0.15, 0.2) is 0 Å². The van der Waals surface area contributed by atoms with Crippen LogP contribution in [0.25, 0.3) is 0 Å². The van der Waals surface area contributed by atoms with Crippen LogP contribution in [-0.4, -0.2) is 58.5 Å². The van der Waals surface area contributed by atoms with Crippen molar-refractivity contribution in [3.63, 3.8) is 0 Å². The minimum Gasteiger partial charge on any atom is -0.393 e. The van der Waals surface area contributed by atoms with E-state index in [1.165, 1.54) is 0 Å². The Morgan fingerprint density at radius 3 is 2.74 bits per heavy atom. The molecule has 1 aliphatic carbocycles. The number of hydrogen-bond acceptors (Lipinski definition) is 4. The topological polar surface area (TPSA) is 70.0 Å². The van der Waals surface area contributed by atoms with E-state index in [0.29, 0.717) is 19.8 Å². The molecule has 2 aliphatic rings. The second-order valence-corrected chi connectivity index (χ2v) is 6.38. The maximum atomic E-state index is 12.3. The Morgan fingerprint density at radius 2 is 2.16 bits per heavy atom. The zero-order valence-corrected chi connectivity index (χ0v) is 11.8. The van der Waals surface area contributed by atoms with Gasteiger partial charge >= 0.3 is 0 Å². The van der Waals surface area contributed by atoms with Crippen molar-refractivity contribution in [1.82, 2.24) is 4.90 Å².